The number of ether oxygens (including phenoxy) is 4. The van der Waals surface area contributed by atoms with E-state index in [1.165, 1.54) is 0 Å². The first-order valence-corrected chi connectivity index (χ1v) is 10.9. The van der Waals surface area contributed by atoms with E-state index in [1.54, 1.807) is 0 Å². The lowest BCUT2D eigenvalue weighted by Crippen LogP contribution is -2.53. The molecule has 2 fully saturated rings. The van der Waals surface area contributed by atoms with E-state index < -0.39 is 47.8 Å². The molecule has 2 N–H and O–H groups in total. The first-order valence-electron chi connectivity index (χ1n) is 10.9. The summed E-state index contributed by atoms with van der Waals surface area (Å²) in [6, 6.07) is 2.54. The Morgan fingerprint density at radius 1 is 1.20 bits per heavy atom. The number of nitrogens with zero attached hydrogens (tertiary/aromatic N) is 1. The molecule has 0 saturated carbocycles. The van der Waals surface area contributed by atoms with Gasteiger partial charge in [0.2, 0.25) is 5.76 Å². The standard InChI is InChI=1S/C22H25F5N2O6/c1-31-19(30)18-17(14-10-13(22(25,26)27)2-3-15(14)35-18)29(6-5-28)12-21(23,24)16-11-20(4-7-32-16)33-8-9-34-20/h2-3,10,16H,4-9,11-12,28H2,1H3. The SMILES string of the molecule is COC(=O)c1oc2ccc(C(F)(F)F)cc2c1N(CCN)CC(F)(F)C1CC2(CCO1)OCCO2. The Hall–Kier alpha value is -2.48. The number of rotatable bonds is 7. The van der Waals surface area contributed by atoms with Gasteiger partial charge in [-0.15, -0.1) is 0 Å². The first kappa shape index (κ1) is 25.6. The average molecular weight is 508 g/mol. The Morgan fingerprint density at radius 3 is 2.54 bits per heavy atom. The molecule has 35 heavy (non-hydrogen) atoms. The van der Waals surface area contributed by atoms with Crippen LogP contribution in [0.15, 0.2) is 22.6 Å². The Balaban J connectivity index is 1.73. The van der Waals surface area contributed by atoms with Crippen LogP contribution in [0.25, 0.3) is 11.0 Å². The molecule has 0 bridgehead atoms. The van der Waals surface area contributed by atoms with Crippen LogP contribution in [0.3, 0.4) is 0 Å². The van der Waals surface area contributed by atoms with Crippen LogP contribution in [-0.4, -0.2) is 70.3 Å². The highest BCUT2D eigenvalue weighted by atomic mass is 19.4. The van der Waals surface area contributed by atoms with E-state index in [2.05, 4.69) is 4.74 Å². The van der Waals surface area contributed by atoms with Crippen LogP contribution in [0, 0.1) is 0 Å². The van der Waals surface area contributed by atoms with Gasteiger partial charge in [0.1, 0.15) is 11.7 Å². The second-order valence-corrected chi connectivity index (χ2v) is 8.37. The number of fused-ring (bicyclic) bond motifs is 1. The molecule has 1 atom stereocenters. The summed E-state index contributed by atoms with van der Waals surface area (Å²) in [7, 11) is 1.04. The molecule has 2 aliphatic rings. The molecule has 1 aromatic carbocycles. The molecular weight excluding hydrogens is 483 g/mol. The van der Waals surface area contributed by atoms with Crippen molar-refractivity contribution in [3.8, 4) is 0 Å². The van der Waals surface area contributed by atoms with E-state index in [0.717, 1.165) is 30.2 Å². The second-order valence-electron chi connectivity index (χ2n) is 8.37. The zero-order valence-electron chi connectivity index (χ0n) is 18.8. The molecule has 2 saturated heterocycles. The number of carbonyl (C=O) groups excluding carboxylic acids is 1. The third-order valence-electron chi connectivity index (χ3n) is 6.06. The van der Waals surface area contributed by atoms with Gasteiger partial charge >= 0.3 is 12.1 Å². The Bertz CT molecular complexity index is 1070. The van der Waals surface area contributed by atoms with Crippen LogP contribution < -0.4 is 10.6 Å². The van der Waals surface area contributed by atoms with Gasteiger partial charge in [-0.2, -0.15) is 13.2 Å². The summed E-state index contributed by atoms with van der Waals surface area (Å²) in [6.07, 6.45) is -6.24. The molecule has 1 spiro atoms. The van der Waals surface area contributed by atoms with Gasteiger partial charge in [-0.25, -0.2) is 13.6 Å². The monoisotopic (exact) mass is 508 g/mol. The maximum absolute atomic E-state index is 15.5. The topological polar surface area (TPSA) is 96.4 Å². The van der Waals surface area contributed by atoms with Crippen molar-refractivity contribution >= 4 is 22.6 Å². The number of carbonyl (C=O) groups is 1. The zero-order valence-corrected chi connectivity index (χ0v) is 18.8. The zero-order chi connectivity index (χ0) is 25.4. The van der Waals surface area contributed by atoms with E-state index >= 15 is 8.78 Å². The van der Waals surface area contributed by atoms with Crippen molar-refractivity contribution in [2.75, 3.05) is 51.5 Å². The highest BCUT2D eigenvalue weighted by Crippen LogP contribution is 2.42. The summed E-state index contributed by atoms with van der Waals surface area (Å²) in [5, 5.41) is -0.173. The van der Waals surface area contributed by atoms with E-state index in [0.29, 0.717) is 6.42 Å². The quantitative estimate of drug-likeness (QED) is 0.448. The molecule has 2 aromatic rings. The van der Waals surface area contributed by atoms with Crippen LogP contribution in [-0.2, 0) is 25.1 Å². The molecule has 4 rings (SSSR count). The summed E-state index contributed by atoms with van der Waals surface area (Å²) in [5.41, 5.74) is 4.25. The van der Waals surface area contributed by atoms with Crippen molar-refractivity contribution in [2.45, 2.75) is 36.8 Å². The predicted octanol–water partition coefficient (Wildman–Crippen LogP) is 3.56. The van der Waals surface area contributed by atoms with Gasteiger partial charge in [-0.05, 0) is 18.2 Å². The molecular formula is C22H25F5N2O6. The van der Waals surface area contributed by atoms with E-state index in [1.807, 2.05) is 0 Å². The number of hydrogen-bond donors (Lipinski definition) is 1. The molecule has 0 amide bonds. The van der Waals surface area contributed by atoms with Gasteiger partial charge in [-0.3, -0.25) is 0 Å². The normalized spacial score (nSPS) is 20.5. The van der Waals surface area contributed by atoms with Gasteiger partial charge in [0.25, 0.3) is 5.92 Å². The molecule has 0 radical (unpaired) electrons. The van der Waals surface area contributed by atoms with Crippen molar-refractivity contribution in [3.05, 3.63) is 29.5 Å². The average Bonchev–Trinajstić information content (AvgIpc) is 3.41. The fourth-order valence-electron chi connectivity index (χ4n) is 4.42. The van der Waals surface area contributed by atoms with Gasteiger partial charge in [0.15, 0.2) is 5.79 Å². The summed E-state index contributed by atoms with van der Waals surface area (Å²) in [6.45, 7) is -0.821. The lowest BCUT2D eigenvalue weighted by molar-refractivity contribution is -0.255. The van der Waals surface area contributed by atoms with Crippen LogP contribution in [0.5, 0.6) is 0 Å². The van der Waals surface area contributed by atoms with Crippen LogP contribution in [0.1, 0.15) is 29.0 Å². The van der Waals surface area contributed by atoms with Gasteiger partial charge in [0.05, 0.1) is 44.7 Å². The largest absolute Gasteiger partial charge is 0.463 e. The fraction of sp³-hybridized carbons (Fsp3) is 0.591. The van der Waals surface area contributed by atoms with Gasteiger partial charge in [0, 0.05) is 31.3 Å². The number of nitrogens with two attached hydrogens (primary N) is 1. The third-order valence-corrected chi connectivity index (χ3v) is 6.06. The van der Waals surface area contributed by atoms with E-state index in [4.69, 9.17) is 24.4 Å². The van der Waals surface area contributed by atoms with Crippen LogP contribution in [0.4, 0.5) is 27.6 Å². The fourth-order valence-corrected chi connectivity index (χ4v) is 4.42. The highest BCUT2D eigenvalue weighted by Gasteiger charge is 2.52. The summed E-state index contributed by atoms with van der Waals surface area (Å²) >= 11 is 0. The summed E-state index contributed by atoms with van der Waals surface area (Å²) in [5.74, 6) is -6.21. The molecule has 194 valence electrons. The second kappa shape index (κ2) is 9.52. The van der Waals surface area contributed by atoms with Crippen LogP contribution in [0.2, 0.25) is 0 Å². The number of furan rings is 1. The number of methoxy groups -OCH3 is 1. The van der Waals surface area contributed by atoms with E-state index in [-0.39, 0.29) is 56.0 Å². The molecule has 1 aromatic heterocycles. The van der Waals surface area contributed by atoms with Gasteiger partial charge < -0.3 is 34.0 Å². The molecule has 13 heteroatoms. The van der Waals surface area contributed by atoms with E-state index in [9.17, 15) is 18.0 Å². The van der Waals surface area contributed by atoms with Crippen molar-refractivity contribution in [2.24, 2.45) is 5.73 Å². The lowest BCUT2D eigenvalue weighted by atomic mass is 9.97. The van der Waals surface area contributed by atoms with Crippen molar-refractivity contribution in [3.63, 3.8) is 0 Å². The highest BCUT2D eigenvalue weighted by molar-refractivity contribution is 6.04. The Kier molecular flexibility index (Phi) is 6.97. The molecule has 1 unspecified atom stereocenters. The van der Waals surface area contributed by atoms with Gasteiger partial charge in [-0.1, -0.05) is 0 Å². The summed E-state index contributed by atoms with van der Waals surface area (Å²) < 4.78 is 97.8. The molecule has 0 aliphatic carbocycles. The predicted molar refractivity (Wildman–Crippen MR) is 112 cm³/mol. The lowest BCUT2D eigenvalue weighted by Gasteiger charge is -2.40. The number of anilines is 1. The number of halogens is 5. The minimum absolute atomic E-state index is 0.0197. The molecule has 3 heterocycles. The number of esters is 1. The minimum Gasteiger partial charge on any atom is -0.463 e. The number of alkyl halides is 5. The Labute approximate surface area is 197 Å². The van der Waals surface area contributed by atoms with Crippen LogP contribution >= 0.6 is 0 Å². The van der Waals surface area contributed by atoms with Crippen molar-refractivity contribution in [1.82, 2.24) is 0 Å². The van der Waals surface area contributed by atoms with Crippen molar-refractivity contribution < 1.29 is 50.1 Å². The molecule has 8 nitrogen and oxygen atoms in total. The number of hydrogen-bond acceptors (Lipinski definition) is 8. The summed E-state index contributed by atoms with van der Waals surface area (Å²) in [4.78, 5) is 13.4. The molecule has 2 aliphatic heterocycles. The Morgan fingerprint density at radius 2 is 1.91 bits per heavy atom. The number of benzene rings is 1. The maximum atomic E-state index is 15.5. The first-order chi connectivity index (χ1) is 16.5. The minimum atomic E-state index is -4.71. The maximum Gasteiger partial charge on any atom is 0.416 e. The smallest absolute Gasteiger partial charge is 0.416 e. The third kappa shape index (κ3) is 5.08. The van der Waals surface area contributed by atoms with Crippen molar-refractivity contribution in [1.29, 1.82) is 0 Å².